The van der Waals surface area contributed by atoms with Crippen molar-refractivity contribution >= 4 is 17.7 Å². The fourth-order valence-electron chi connectivity index (χ4n) is 4.59. The number of hydrogen-bond donors (Lipinski definition) is 2. The summed E-state index contributed by atoms with van der Waals surface area (Å²) in [5, 5.41) is 5.35. The van der Waals surface area contributed by atoms with Crippen molar-refractivity contribution < 1.29 is 23.5 Å². The molecule has 0 radical (unpaired) electrons. The molecule has 2 bridgehead atoms. The molecule has 3 aliphatic rings. The molecule has 1 spiro atoms. The number of nitrogens with one attached hydrogen (secondary N) is 2. The van der Waals surface area contributed by atoms with Crippen molar-refractivity contribution in [3.05, 3.63) is 47.8 Å². The molecule has 3 aliphatic heterocycles. The molecule has 8 heteroatoms. The van der Waals surface area contributed by atoms with E-state index in [9.17, 15) is 18.8 Å². The molecule has 2 saturated heterocycles. The van der Waals surface area contributed by atoms with Gasteiger partial charge in [-0.2, -0.15) is 0 Å². The Balaban J connectivity index is 1.62. The lowest BCUT2D eigenvalue weighted by molar-refractivity contribution is -0.141. The molecule has 2 N–H and O–H groups in total. The van der Waals surface area contributed by atoms with Gasteiger partial charge in [0.1, 0.15) is 17.5 Å². The maximum Gasteiger partial charge on any atom is 0.246 e. The van der Waals surface area contributed by atoms with Crippen molar-refractivity contribution in [1.82, 2.24) is 15.5 Å². The van der Waals surface area contributed by atoms with Crippen LogP contribution in [-0.2, 0) is 25.7 Å². The summed E-state index contributed by atoms with van der Waals surface area (Å²) in [6.45, 7) is 0.0779. The van der Waals surface area contributed by atoms with Gasteiger partial charge in [-0.3, -0.25) is 14.4 Å². The van der Waals surface area contributed by atoms with E-state index < -0.39 is 35.5 Å². The molecule has 5 atom stereocenters. The van der Waals surface area contributed by atoms with Crippen LogP contribution in [0.1, 0.15) is 5.56 Å². The van der Waals surface area contributed by atoms with E-state index in [0.717, 1.165) is 0 Å². The number of halogens is 1. The number of carbonyl (C=O) groups excluding carboxylic acids is 3. The first kappa shape index (κ1) is 19.2. The number of carbonyl (C=O) groups is 3. The highest BCUT2D eigenvalue weighted by atomic mass is 19.1. The van der Waals surface area contributed by atoms with Gasteiger partial charge in [0.25, 0.3) is 0 Å². The fourth-order valence-corrected chi connectivity index (χ4v) is 4.59. The number of rotatable bonds is 5. The molecular formula is C21H20FN3O4. The lowest BCUT2D eigenvalue weighted by atomic mass is 9.74. The van der Waals surface area contributed by atoms with Crippen LogP contribution in [0.5, 0.6) is 0 Å². The van der Waals surface area contributed by atoms with Gasteiger partial charge in [0.15, 0.2) is 0 Å². The Morgan fingerprint density at radius 3 is 2.69 bits per heavy atom. The first-order chi connectivity index (χ1) is 13.9. The Morgan fingerprint density at radius 2 is 2.03 bits per heavy atom. The van der Waals surface area contributed by atoms with E-state index in [2.05, 4.69) is 16.6 Å². The van der Waals surface area contributed by atoms with Crippen molar-refractivity contribution in [2.24, 2.45) is 11.8 Å². The molecule has 3 amide bonds. The molecule has 2 fully saturated rings. The van der Waals surface area contributed by atoms with E-state index in [1.807, 2.05) is 0 Å². The summed E-state index contributed by atoms with van der Waals surface area (Å²) in [7, 11) is 1.50. The second kappa shape index (κ2) is 7.01. The quantitative estimate of drug-likeness (QED) is 0.540. The summed E-state index contributed by atoms with van der Waals surface area (Å²) < 4.78 is 19.1. The molecule has 29 heavy (non-hydrogen) atoms. The van der Waals surface area contributed by atoms with Crippen LogP contribution in [-0.4, -0.2) is 54.0 Å². The third-order valence-electron chi connectivity index (χ3n) is 5.81. The number of hydrogen-bond acceptors (Lipinski definition) is 4. The van der Waals surface area contributed by atoms with Crippen LogP contribution in [0.15, 0.2) is 36.4 Å². The lowest BCUT2D eigenvalue weighted by Crippen LogP contribution is -2.54. The van der Waals surface area contributed by atoms with Crippen LogP contribution in [0.25, 0.3) is 0 Å². The van der Waals surface area contributed by atoms with Gasteiger partial charge in [-0.05, 0) is 17.7 Å². The van der Waals surface area contributed by atoms with Gasteiger partial charge in [0.05, 0.1) is 24.5 Å². The number of terminal acetylenes is 1. The number of ether oxygens (including phenoxy) is 1. The van der Waals surface area contributed by atoms with Crippen molar-refractivity contribution in [2.75, 3.05) is 13.6 Å². The van der Waals surface area contributed by atoms with Crippen LogP contribution in [0.4, 0.5) is 4.39 Å². The molecule has 1 aromatic carbocycles. The van der Waals surface area contributed by atoms with Gasteiger partial charge in [0.2, 0.25) is 17.7 Å². The standard InChI is InChI=1S/C21H20FN3O4/c1-3-10-25-17(19(27)24-11-12-4-6-13(22)7-5-12)21-9-8-14(29-21)15(18(26)23-2)16(21)20(25)28/h1,4-9,14-17H,10-11H2,2H3,(H,23,26)(H,24,27)/t14-,15-,16-,17-,21-/m0/s1. The minimum absolute atomic E-state index is 0.0753. The van der Waals surface area contributed by atoms with Gasteiger partial charge in [-0.1, -0.05) is 30.2 Å². The largest absolute Gasteiger partial charge is 0.359 e. The zero-order chi connectivity index (χ0) is 20.8. The van der Waals surface area contributed by atoms with Gasteiger partial charge in [-0.15, -0.1) is 6.42 Å². The van der Waals surface area contributed by atoms with Crippen molar-refractivity contribution in [2.45, 2.75) is 24.3 Å². The lowest BCUT2D eigenvalue weighted by Gasteiger charge is -2.31. The summed E-state index contributed by atoms with van der Waals surface area (Å²) in [6, 6.07) is 4.74. The average Bonchev–Trinajstić information content (AvgIpc) is 3.35. The Kier molecular flexibility index (Phi) is 4.63. The average molecular weight is 397 g/mol. The van der Waals surface area contributed by atoms with E-state index in [0.29, 0.717) is 5.56 Å². The molecular weight excluding hydrogens is 377 g/mol. The van der Waals surface area contributed by atoms with E-state index >= 15 is 0 Å². The molecule has 1 aromatic rings. The summed E-state index contributed by atoms with van der Waals surface area (Å²) in [6.07, 6.45) is 8.30. The second-order valence-corrected chi connectivity index (χ2v) is 7.33. The summed E-state index contributed by atoms with van der Waals surface area (Å²) in [5.41, 5.74) is -0.528. The van der Waals surface area contributed by atoms with Gasteiger partial charge in [0, 0.05) is 13.6 Å². The van der Waals surface area contributed by atoms with Crippen molar-refractivity contribution in [3.63, 3.8) is 0 Å². The number of likely N-dealkylation sites (tertiary alicyclic amines) is 1. The first-order valence-corrected chi connectivity index (χ1v) is 9.28. The highest BCUT2D eigenvalue weighted by Crippen LogP contribution is 2.54. The number of fused-ring (bicyclic) bond motifs is 1. The zero-order valence-electron chi connectivity index (χ0n) is 15.7. The highest BCUT2D eigenvalue weighted by Gasteiger charge is 2.72. The van der Waals surface area contributed by atoms with E-state index in [1.165, 1.54) is 24.1 Å². The Morgan fingerprint density at radius 1 is 1.31 bits per heavy atom. The normalized spacial score (nSPS) is 31.5. The Labute approximate surface area is 167 Å². The topological polar surface area (TPSA) is 87.7 Å². The van der Waals surface area contributed by atoms with Gasteiger partial charge in [-0.25, -0.2) is 4.39 Å². The third kappa shape index (κ3) is 2.81. The summed E-state index contributed by atoms with van der Waals surface area (Å²) in [5.74, 6) is -0.611. The molecule has 3 heterocycles. The molecule has 0 aromatic heterocycles. The van der Waals surface area contributed by atoms with Gasteiger partial charge < -0.3 is 20.3 Å². The smallest absolute Gasteiger partial charge is 0.246 e. The Bertz CT molecular complexity index is 938. The van der Waals surface area contributed by atoms with E-state index in [4.69, 9.17) is 11.2 Å². The third-order valence-corrected chi connectivity index (χ3v) is 5.81. The summed E-state index contributed by atoms with van der Waals surface area (Å²) >= 11 is 0. The second-order valence-electron chi connectivity index (χ2n) is 7.33. The SMILES string of the molecule is C#CCN1C(=O)[C@@H]2[C@@H](C(=O)NC)[C@@H]3C=C[C@@]2(O3)[C@@H]1C(=O)NCc1ccc(F)cc1. The first-order valence-electron chi connectivity index (χ1n) is 9.28. The van der Waals surface area contributed by atoms with Crippen molar-refractivity contribution in [1.29, 1.82) is 0 Å². The molecule has 0 saturated carbocycles. The molecule has 150 valence electrons. The van der Waals surface area contributed by atoms with Gasteiger partial charge >= 0.3 is 0 Å². The van der Waals surface area contributed by atoms with Crippen LogP contribution >= 0.6 is 0 Å². The molecule has 7 nitrogen and oxygen atoms in total. The fraction of sp³-hybridized carbons (Fsp3) is 0.381. The van der Waals surface area contributed by atoms with Crippen LogP contribution in [0.3, 0.4) is 0 Å². The van der Waals surface area contributed by atoms with Crippen LogP contribution in [0.2, 0.25) is 0 Å². The van der Waals surface area contributed by atoms with E-state index in [1.54, 1.807) is 24.3 Å². The van der Waals surface area contributed by atoms with Crippen LogP contribution in [0, 0.1) is 30.0 Å². The summed E-state index contributed by atoms with van der Waals surface area (Å²) in [4.78, 5) is 40.0. The maximum absolute atomic E-state index is 13.1. The molecule has 0 unspecified atom stereocenters. The number of amides is 3. The number of benzene rings is 1. The predicted octanol–water partition coefficient (Wildman–Crippen LogP) is -0.0283. The molecule has 4 rings (SSSR count). The van der Waals surface area contributed by atoms with Crippen LogP contribution < -0.4 is 10.6 Å². The molecule has 0 aliphatic carbocycles. The monoisotopic (exact) mass is 397 g/mol. The zero-order valence-corrected chi connectivity index (χ0v) is 15.7. The number of nitrogens with zero attached hydrogens (tertiary/aromatic N) is 1. The minimum Gasteiger partial charge on any atom is -0.359 e. The highest BCUT2D eigenvalue weighted by molar-refractivity contribution is 5.99. The maximum atomic E-state index is 13.1. The minimum atomic E-state index is -1.23. The van der Waals surface area contributed by atoms with E-state index in [-0.39, 0.29) is 30.7 Å². The van der Waals surface area contributed by atoms with Crippen molar-refractivity contribution in [3.8, 4) is 12.3 Å². The Hall–Kier alpha value is -3.18. The predicted molar refractivity (Wildman–Crippen MR) is 100 cm³/mol.